The summed E-state index contributed by atoms with van der Waals surface area (Å²) in [5, 5.41) is 41.3. The first-order valence-electron chi connectivity index (χ1n) is 24.5. The van der Waals surface area contributed by atoms with E-state index in [4.69, 9.17) is 0 Å². The van der Waals surface area contributed by atoms with E-state index in [1.54, 1.807) is 36.7 Å². The van der Waals surface area contributed by atoms with Crippen molar-refractivity contribution in [2.45, 2.75) is 117 Å². The fourth-order valence-corrected chi connectivity index (χ4v) is 9.77. The molecular weight excluding hydrogens is 859 g/mol. The molecule has 0 amide bonds. The number of phenolic OH excluding ortho intramolecular Hbond substituents is 4. The number of benzene rings is 7. The van der Waals surface area contributed by atoms with Crippen LogP contribution in [-0.4, -0.2) is 25.4 Å². The summed E-state index contributed by atoms with van der Waals surface area (Å²) in [6, 6.07) is 55.5. The third kappa shape index (κ3) is 10.4. The first-order chi connectivity index (χ1) is 33.0. The zero-order chi connectivity index (χ0) is 50.8. The standard InChI is InChI=1S/C33H36O2.C32H35NO2/c1-22-19-28(21-30(31(22)35)23(2)24-11-8-7-9-12-24)33(5,6)27-14-10-13-26(20-27)32(3,4)25-15-17-29(34)18-16-25;1-21-19-27(20-29(30(21)35)22(2)23-15-17-33-18-16-23)32(5,6)25-9-7-24(8-10-25)31(3,4)26-11-13-28(34)14-12-26/h7-21,23,34-35H,1-6H3;7-20,22,34-35H,1-6H3. The normalized spacial score (nSPS) is 13.0. The van der Waals surface area contributed by atoms with Gasteiger partial charge in [-0.25, -0.2) is 0 Å². The Morgan fingerprint density at radius 3 is 1.07 bits per heavy atom. The first-order valence-corrected chi connectivity index (χ1v) is 24.5. The van der Waals surface area contributed by atoms with Crippen molar-refractivity contribution >= 4 is 0 Å². The maximum absolute atomic E-state index is 11.0. The van der Waals surface area contributed by atoms with E-state index in [2.05, 4.69) is 159 Å². The second-order valence-corrected chi connectivity index (χ2v) is 21.3. The largest absolute Gasteiger partial charge is 0.508 e. The highest BCUT2D eigenvalue weighted by Crippen LogP contribution is 2.43. The van der Waals surface area contributed by atoms with E-state index in [0.29, 0.717) is 11.5 Å². The Hall–Kier alpha value is -7.11. The smallest absolute Gasteiger partial charge is 0.122 e. The predicted molar refractivity (Wildman–Crippen MR) is 289 cm³/mol. The van der Waals surface area contributed by atoms with Gasteiger partial charge in [-0.2, -0.15) is 0 Å². The molecule has 0 saturated heterocycles. The van der Waals surface area contributed by atoms with E-state index in [0.717, 1.165) is 38.9 Å². The summed E-state index contributed by atoms with van der Waals surface area (Å²) < 4.78 is 0. The third-order valence-corrected chi connectivity index (χ3v) is 15.4. The molecule has 0 aliphatic carbocycles. The van der Waals surface area contributed by atoms with E-state index in [-0.39, 0.29) is 45.0 Å². The van der Waals surface area contributed by atoms with Gasteiger partial charge in [0.25, 0.3) is 0 Å². The van der Waals surface area contributed by atoms with E-state index in [9.17, 15) is 20.4 Å². The van der Waals surface area contributed by atoms with Gasteiger partial charge >= 0.3 is 0 Å². The molecule has 0 spiro atoms. The van der Waals surface area contributed by atoms with Gasteiger partial charge in [-0.3, -0.25) is 4.98 Å². The maximum Gasteiger partial charge on any atom is 0.122 e. The molecule has 4 N–H and O–H groups in total. The fourth-order valence-electron chi connectivity index (χ4n) is 9.77. The molecule has 70 heavy (non-hydrogen) atoms. The summed E-state index contributed by atoms with van der Waals surface area (Å²) in [7, 11) is 0. The van der Waals surface area contributed by atoms with Gasteiger partial charge in [0.15, 0.2) is 0 Å². The number of nitrogens with zero attached hydrogens (tertiary/aromatic N) is 1. The van der Waals surface area contributed by atoms with Crippen molar-refractivity contribution in [2.24, 2.45) is 0 Å². The van der Waals surface area contributed by atoms with Gasteiger partial charge in [0, 0.05) is 57.0 Å². The highest BCUT2D eigenvalue weighted by molar-refractivity contribution is 5.54. The zero-order valence-corrected chi connectivity index (χ0v) is 43.1. The SMILES string of the molecule is Cc1cc(C(C)(C)c2ccc(C(C)(C)c3ccc(O)cc3)cc2)cc(C(C)c2ccncc2)c1O.Cc1cc(C(C)(C)c2cccc(C(C)(C)c3ccc(O)cc3)c2)cc(C(C)c2ccccc2)c1O. The molecule has 0 aliphatic heterocycles. The summed E-state index contributed by atoms with van der Waals surface area (Å²) in [5.41, 5.74) is 14.7. The molecule has 5 nitrogen and oxygen atoms in total. The Balaban J connectivity index is 0.000000206. The van der Waals surface area contributed by atoms with Crippen LogP contribution in [0.25, 0.3) is 0 Å². The number of pyridine rings is 1. The zero-order valence-electron chi connectivity index (χ0n) is 43.1. The van der Waals surface area contributed by atoms with Gasteiger partial charge in [0.1, 0.15) is 23.0 Å². The number of aromatic nitrogens is 1. The van der Waals surface area contributed by atoms with Crippen LogP contribution < -0.4 is 0 Å². The van der Waals surface area contributed by atoms with Crippen LogP contribution in [0, 0.1) is 13.8 Å². The van der Waals surface area contributed by atoms with Crippen molar-refractivity contribution in [2.75, 3.05) is 0 Å². The van der Waals surface area contributed by atoms with Gasteiger partial charge in [-0.1, -0.05) is 197 Å². The van der Waals surface area contributed by atoms with Crippen LogP contribution in [0.2, 0.25) is 0 Å². The molecule has 0 bridgehead atoms. The lowest BCUT2D eigenvalue weighted by molar-refractivity contribution is 0.460. The molecule has 0 radical (unpaired) electrons. The predicted octanol–water partition coefficient (Wildman–Crippen LogP) is 15.8. The number of phenols is 4. The van der Waals surface area contributed by atoms with Crippen LogP contribution in [0.5, 0.6) is 23.0 Å². The molecule has 360 valence electrons. The molecule has 5 heteroatoms. The Kier molecular flexibility index (Phi) is 14.6. The summed E-state index contributed by atoms with van der Waals surface area (Å²) in [6.45, 7) is 26.1. The minimum absolute atomic E-state index is 0.0564. The first kappa shape index (κ1) is 50.8. The second-order valence-electron chi connectivity index (χ2n) is 21.3. The van der Waals surface area contributed by atoms with Gasteiger partial charge in [0.05, 0.1) is 0 Å². The van der Waals surface area contributed by atoms with Crippen LogP contribution in [0.3, 0.4) is 0 Å². The van der Waals surface area contributed by atoms with Gasteiger partial charge in [0.2, 0.25) is 0 Å². The monoisotopic (exact) mass is 930 g/mol. The Labute approximate surface area is 417 Å². The minimum Gasteiger partial charge on any atom is -0.508 e. The molecule has 0 fully saturated rings. The van der Waals surface area contributed by atoms with Crippen molar-refractivity contribution in [3.8, 4) is 23.0 Å². The van der Waals surface area contributed by atoms with Crippen molar-refractivity contribution in [3.05, 3.63) is 254 Å². The number of aromatic hydroxyl groups is 4. The average molecular weight is 930 g/mol. The van der Waals surface area contributed by atoms with E-state index >= 15 is 0 Å². The van der Waals surface area contributed by atoms with Gasteiger partial charge in [-0.15, -0.1) is 0 Å². The molecule has 8 aromatic rings. The van der Waals surface area contributed by atoms with Crippen molar-refractivity contribution in [1.82, 2.24) is 4.98 Å². The summed E-state index contributed by atoms with van der Waals surface area (Å²) in [5.74, 6) is 1.44. The topological polar surface area (TPSA) is 93.8 Å². The molecule has 0 saturated carbocycles. The molecule has 2 unspecified atom stereocenters. The number of rotatable bonds is 12. The Bertz CT molecular complexity index is 3040. The van der Waals surface area contributed by atoms with Crippen LogP contribution in [0.4, 0.5) is 0 Å². The van der Waals surface area contributed by atoms with Crippen molar-refractivity contribution in [3.63, 3.8) is 0 Å². The molecule has 8 rings (SSSR count). The highest BCUT2D eigenvalue weighted by Gasteiger charge is 2.31. The fraction of sp³-hybridized carbons (Fsp3) is 0.277. The molecule has 2 atom stereocenters. The van der Waals surface area contributed by atoms with E-state index in [1.165, 1.54) is 38.9 Å². The highest BCUT2D eigenvalue weighted by atomic mass is 16.3. The second kappa shape index (κ2) is 20.1. The maximum atomic E-state index is 11.0. The number of aryl methyl sites for hydroxylation is 2. The Morgan fingerprint density at radius 1 is 0.343 bits per heavy atom. The lowest BCUT2D eigenvalue weighted by Crippen LogP contribution is -2.23. The molecule has 1 aromatic heterocycles. The van der Waals surface area contributed by atoms with Crippen LogP contribution in [0.1, 0.15) is 159 Å². The van der Waals surface area contributed by atoms with Crippen molar-refractivity contribution in [1.29, 1.82) is 0 Å². The third-order valence-electron chi connectivity index (χ3n) is 15.4. The van der Waals surface area contributed by atoms with E-state index in [1.807, 2.05) is 68.4 Å². The lowest BCUT2D eigenvalue weighted by atomic mass is 9.72. The number of hydrogen-bond acceptors (Lipinski definition) is 5. The summed E-state index contributed by atoms with van der Waals surface area (Å²) in [4.78, 5) is 4.13. The summed E-state index contributed by atoms with van der Waals surface area (Å²) >= 11 is 0. The summed E-state index contributed by atoms with van der Waals surface area (Å²) in [6.07, 6.45) is 3.59. The molecule has 1 heterocycles. The lowest BCUT2D eigenvalue weighted by Gasteiger charge is -2.32. The quantitative estimate of drug-likeness (QED) is 0.0979. The van der Waals surface area contributed by atoms with Crippen LogP contribution in [0.15, 0.2) is 176 Å². The van der Waals surface area contributed by atoms with E-state index < -0.39 is 0 Å². The number of hydrogen-bond donors (Lipinski definition) is 4. The van der Waals surface area contributed by atoms with Crippen molar-refractivity contribution < 1.29 is 20.4 Å². The van der Waals surface area contributed by atoms with Crippen LogP contribution >= 0.6 is 0 Å². The average Bonchev–Trinajstić information content (AvgIpc) is 3.36. The minimum atomic E-state index is -0.259. The van der Waals surface area contributed by atoms with Crippen LogP contribution in [-0.2, 0) is 21.7 Å². The molecular formula is C65H71NO4. The Morgan fingerprint density at radius 2 is 0.671 bits per heavy atom. The molecule has 0 aliphatic rings. The van der Waals surface area contributed by atoms with Gasteiger partial charge < -0.3 is 20.4 Å². The van der Waals surface area contributed by atoms with Gasteiger partial charge in [-0.05, 0) is 117 Å². The molecule has 7 aromatic carbocycles.